The van der Waals surface area contributed by atoms with Crippen molar-refractivity contribution in [1.82, 2.24) is 0 Å². The number of hydrogen-bond donors (Lipinski definition) is 2. The van der Waals surface area contributed by atoms with Gasteiger partial charge in [-0.2, -0.15) is 0 Å². The molecule has 2 aromatic rings. The van der Waals surface area contributed by atoms with Crippen LogP contribution in [0.3, 0.4) is 0 Å². The molecule has 0 fully saturated rings. The van der Waals surface area contributed by atoms with E-state index >= 15 is 0 Å². The van der Waals surface area contributed by atoms with Gasteiger partial charge in [0.15, 0.2) is 0 Å². The molecule has 0 aromatic heterocycles. The second-order valence-electron chi connectivity index (χ2n) is 4.84. The minimum atomic E-state index is -0.773. The molecule has 0 aliphatic heterocycles. The lowest BCUT2D eigenvalue weighted by molar-refractivity contribution is -0.133. The number of amides is 2. The van der Waals surface area contributed by atoms with Crippen LogP contribution in [-0.4, -0.2) is 26.0 Å². The Labute approximate surface area is 134 Å². The van der Waals surface area contributed by atoms with E-state index < -0.39 is 11.8 Å². The number of anilines is 2. The summed E-state index contributed by atoms with van der Waals surface area (Å²) in [5.74, 6) is -0.387. The van der Waals surface area contributed by atoms with Gasteiger partial charge in [-0.15, -0.1) is 0 Å². The predicted octanol–water partition coefficient (Wildman–Crippen LogP) is 2.59. The Bertz CT molecular complexity index is 711. The molecule has 0 aliphatic carbocycles. The fourth-order valence-electron chi connectivity index (χ4n) is 1.96. The van der Waals surface area contributed by atoms with E-state index in [0.717, 1.165) is 5.56 Å². The van der Waals surface area contributed by atoms with Crippen molar-refractivity contribution in [2.75, 3.05) is 24.9 Å². The fourth-order valence-corrected chi connectivity index (χ4v) is 1.96. The number of hydrogen-bond acceptors (Lipinski definition) is 4. The van der Waals surface area contributed by atoms with Gasteiger partial charge in [-0.25, -0.2) is 0 Å². The van der Waals surface area contributed by atoms with Crippen molar-refractivity contribution < 1.29 is 19.1 Å². The Hall–Kier alpha value is -3.02. The highest BCUT2D eigenvalue weighted by Gasteiger charge is 2.16. The zero-order valence-corrected chi connectivity index (χ0v) is 13.2. The van der Waals surface area contributed by atoms with Crippen molar-refractivity contribution in [1.29, 1.82) is 0 Å². The van der Waals surface area contributed by atoms with Crippen LogP contribution in [0.15, 0.2) is 42.5 Å². The first kappa shape index (κ1) is 16.4. The molecule has 0 saturated carbocycles. The molecule has 0 saturated heterocycles. The van der Waals surface area contributed by atoms with Crippen LogP contribution in [0, 0.1) is 6.92 Å². The van der Waals surface area contributed by atoms with Crippen molar-refractivity contribution in [3.8, 4) is 11.5 Å². The summed E-state index contributed by atoms with van der Waals surface area (Å²) >= 11 is 0. The molecule has 2 rings (SSSR count). The van der Waals surface area contributed by atoms with Gasteiger partial charge < -0.3 is 20.1 Å². The van der Waals surface area contributed by atoms with Crippen LogP contribution in [0.4, 0.5) is 11.4 Å². The molecule has 0 radical (unpaired) electrons. The number of carbonyl (C=O) groups excluding carboxylic acids is 2. The van der Waals surface area contributed by atoms with Crippen LogP contribution in [0.1, 0.15) is 5.56 Å². The molecule has 6 nitrogen and oxygen atoms in total. The fraction of sp³-hybridized carbons (Fsp3) is 0.176. The topological polar surface area (TPSA) is 76.7 Å². The molecule has 0 aliphatic rings. The third-order valence-corrected chi connectivity index (χ3v) is 3.16. The number of aryl methyl sites for hydroxylation is 1. The number of rotatable bonds is 4. The van der Waals surface area contributed by atoms with E-state index in [1.807, 2.05) is 13.0 Å². The summed E-state index contributed by atoms with van der Waals surface area (Å²) in [7, 11) is 3.05. The monoisotopic (exact) mass is 314 g/mol. The van der Waals surface area contributed by atoms with Crippen LogP contribution < -0.4 is 20.1 Å². The standard InChI is InChI=1S/C17H18N2O4/c1-11-4-9-15(23-3)14(10-11)19-17(21)16(20)18-12-5-7-13(22-2)8-6-12/h4-10H,1-3H3,(H,18,20)(H,19,21). The molecule has 0 heterocycles. The Morgan fingerprint density at radius 1 is 0.870 bits per heavy atom. The van der Waals surface area contributed by atoms with Gasteiger partial charge >= 0.3 is 11.8 Å². The molecule has 2 aromatic carbocycles. The van der Waals surface area contributed by atoms with Gasteiger partial charge in [-0.1, -0.05) is 6.07 Å². The van der Waals surface area contributed by atoms with Crippen LogP contribution >= 0.6 is 0 Å². The molecule has 0 unspecified atom stereocenters. The molecule has 2 N–H and O–H groups in total. The van der Waals surface area contributed by atoms with E-state index in [1.54, 1.807) is 43.5 Å². The molecular formula is C17H18N2O4. The van der Waals surface area contributed by atoms with Crippen LogP contribution in [-0.2, 0) is 9.59 Å². The second-order valence-corrected chi connectivity index (χ2v) is 4.84. The van der Waals surface area contributed by atoms with Gasteiger partial charge in [0.05, 0.1) is 19.9 Å². The van der Waals surface area contributed by atoms with E-state index in [4.69, 9.17) is 9.47 Å². The van der Waals surface area contributed by atoms with Crippen molar-refractivity contribution in [3.63, 3.8) is 0 Å². The van der Waals surface area contributed by atoms with E-state index in [0.29, 0.717) is 22.9 Å². The lowest BCUT2D eigenvalue weighted by atomic mass is 10.2. The second kappa shape index (κ2) is 7.31. The molecule has 0 atom stereocenters. The summed E-state index contributed by atoms with van der Waals surface area (Å²) in [6.45, 7) is 1.88. The van der Waals surface area contributed by atoms with Gasteiger partial charge in [0.2, 0.25) is 0 Å². The number of nitrogens with one attached hydrogen (secondary N) is 2. The lowest BCUT2D eigenvalue weighted by Gasteiger charge is -2.11. The van der Waals surface area contributed by atoms with Gasteiger partial charge in [0.1, 0.15) is 11.5 Å². The largest absolute Gasteiger partial charge is 0.497 e. The molecule has 23 heavy (non-hydrogen) atoms. The predicted molar refractivity (Wildman–Crippen MR) is 88.0 cm³/mol. The first-order chi connectivity index (χ1) is 11.0. The Morgan fingerprint density at radius 2 is 1.52 bits per heavy atom. The summed E-state index contributed by atoms with van der Waals surface area (Å²) in [5.41, 5.74) is 1.89. The summed E-state index contributed by atoms with van der Waals surface area (Å²) in [5, 5.41) is 5.06. The Kier molecular flexibility index (Phi) is 5.19. The van der Waals surface area contributed by atoms with Gasteiger partial charge in [-0.3, -0.25) is 9.59 Å². The first-order valence-corrected chi connectivity index (χ1v) is 6.94. The quantitative estimate of drug-likeness (QED) is 0.851. The zero-order valence-electron chi connectivity index (χ0n) is 13.2. The van der Waals surface area contributed by atoms with E-state index in [2.05, 4.69) is 10.6 Å². The SMILES string of the molecule is COc1ccc(NC(=O)C(=O)Nc2cc(C)ccc2OC)cc1. The minimum absolute atomic E-state index is 0.447. The smallest absolute Gasteiger partial charge is 0.314 e. The van der Waals surface area contributed by atoms with E-state index in [1.165, 1.54) is 7.11 Å². The summed E-state index contributed by atoms with van der Waals surface area (Å²) in [6.07, 6.45) is 0. The highest BCUT2D eigenvalue weighted by Crippen LogP contribution is 2.25. The maximum absolute atomic E-state index is 12.0. The highest BCUT2D eigenvalue weighted by atomic mass is 16.5. The van der Waals surface area contributed by atoms with Crippen molar-refractivity contribution in [2.45, 2.75) is 6.92 Å². The van der Waals surface area contributed by atoms with Crippen LogP contribution in [0.5, 0.6) is 11.5 Å². The van der Waals surface area contributed by atoms with Crippen molar-refractivity contribution in [3.05, 3.63) is 48.0 Å². The first-order valence-electron chi connectivity index (χ1n) is 6.94. The molecule has 0 spiro atoms. The van der Waals surface area contributed by atoms with Gasteiger partial charge in [0, 0.05) is 5.69 Å². The summed E-state index contributed by atoms with van der Waals surface area (Å²) in [6, 6.07) is 12.0. The van der Waals surface area contributed by atoms with Crippen molar-refractivity contribution >= 4 is 23.2 Å². The third kappa shape index (κ3) is 4.23. The molecular weight excluding hydrogens is 296 g/mol. The summed E-state index contributed by atoms with van der Waals surface area (Å²) in [4.78, 5) is 24.0. The maximum atomic E-state index is 12.0. The van der Waals surface area contributed by atoms with Crippen molar-refractivity contribution in [2.24, 2.45) is 0 Å². The van der Waals surface area contributed by atoms with E-state index in [9.17, 15) is 9.59 Å². The minimum Gasteiger partial charge on any atom is -0.497 e. The number of ether oxygens (including phenoxy) is 2. The van der Waals surface area contributed by atoms with Gasteiger partial charge in [-0.05, 0) is 48.9 Å². The highest BCUT2D eigenvalue weighted by molar-refractivity contribution is 6.43. The zero-order chi connectivity index (χ0) is 16.8. The number of methoxy groups -OCH3 is 2. The average molecular weight is 314 g/mol. The number of carbonyl (C=O) groups is 2. The Balaban J connectivity index is 2.05. The lowest BCUT2D eigenvalue weighted by Crippen LogP contribution is -2.29. The van der Waals surface area contributed by atoms with Gasteiger partial charge in [0.25, 0.3) is 0 Å². The summed E-state index contributed by atoms with van der Waals surface area (Å²) < 4.78 is 10.2. The maximum Gasteiger partial charge on any atom is 0.314 e. The third-order valence-electron chi connectivity index (χ3n) is 3.16. The normalized spacial score (nSPS) is 9.87. The van der Waals surface area contributed by atoms with Crippen LogP contribution in [0.25, 0.3) is 0 Å². The Morgan fingerprint density at radius 3 is 2.13 bits per heavy atom. The number of benzene rings is 2. The van der Waals surface area contributed by atoms with Crippen LogP contribution in [0.2, 0.25) is 0 Å². The molecule has 6 heteroatoms. The molecule has 0 bridgehead atoms. The van der Waals surface area contributed by atoms with E-state index in [-0.39, 0.29) is 0 Å². The molecule has 120 valence electrons. The molecule has 2 amide bonds. The average Bonchev–Trinajstić information content (AvgIpc) is 2.55.